The summed E-state index contributed by atoms with van der Waals surface area (Å²) in [4.78, 5) is 2.27. The van der Waals surface area contributed by atoms with Crippen molar-refractivity contribution >= 4 is 0 Å². The van der Waals surface area contributed by atoms with Gasteiger partial charge in [-0.3, -0.25) is 4.90 Å². The molecular weight excluding hydrogens is 126 g/mol. The maximum Gasteiger partial charge on any atom is 0.0592 e. The van der Waals surface area contributed by atoms with E-state index in [0.717, 1.165) is 0 Å². The lowest BCUT2D eigenvalue weighted by Crippen LogP contribution is -2.37. The Kier molecular flexibility index (Phi) is 1.32. The van der Waals surface area contributed by atoms with E-state index in [1.165, 1.54) is 6.42 Å². The van der Waals surface area contributed by atoms with Gasteiger partial charge in [0.15, 0.2) is 0 Å². The number of likely N-dealkylation sites (tertiary alicyclic amines) is 1. The maximum absolute atomic E-state index is 8.98. The zero-order chi connectivity index (χ0) is 7.14. The van der Waals surface area contributed by atoms with Gasteiger partial charge in [0, 0.05) is 12.1 Å². The number of aliphatic hydroxyl groups is 1. The molecule has 3 atom stereocenters. The molecule has 2 heteroatoms. The molecule has 1 N–H and O–H groups in total. The van der Waals surface area contributed by atoms with Crippen LogP contribution in [0, 0.1) is 5.92 Å². The number of likely N-dealkylation sites (N-methyl/N-ethyl adjacent to an activating group) is 1. The molecule has 1 fully saturated rings. The van der Waals surface area contributed by atoms with E-state index in [4.69, 9.17) is 5.11 Å². The average molecular weight is 139 g/mol. The van der Waals surface area contributed by atoms with Gasteiger partial charge in [-0.1, -0.05) is 12.2 Å². The second-order valence-electron chi connectivity index (χ2n) is 3.27. The van der Waals surface area contributed by atoms with Gasteiger partial charge in [0.25, 0.3) is 0 Å². The maximum atomic E-state index is 8.98. The highest BCUT2D eigenvalue weighted by Gasteiger charge is 2.39. The van der Waals surface area contributed by atoms with Crippen molar-refractivity contribution in [3.8, 4) is 0 Å². The minimum absolute atomic E-state index is 0.308. The van der Waals surface area contributed by atoms with Gasteiger partial charge in [0.1, 0.15) is 0 Å². The van der Waals surface area contributed by atoms with Crippen molar-refractivity contribution in [3.05, 3.63) is 12.2 Å². The average Bonchev–Trinajstić information content (AvgIpc) is 2.46. The van der Waals surface area contributed by atoms with Gasteiger partial charge in [-0.25, -0.2) is 0 Å². The minimum atomic E-state index is 0.308. The predicted molar refractivity (Wildman–Crippen MR) is 39.7 cm³/mol. The van der Waals surface area contributed by atoms with E-state index in [9.17, 15) is 0 Å². The highest BCUT2D eigenvalue weighted by molar-refractivity contribution is 5.15. The monoisotopic (exact) mass is 139 g/mol. The van der Waals surface area contributed by atoms with E-state index in [1.54, 1.807) is 0 Å². The third kappa shape index (κ3) is 0.662. The molecule has 1 aliphatic heterocycles. The Hall–Kier alpha value is -0.340. The van der Waals surface area contributed by atoms with Gasteiger partial charge in [-0.2, -0.15) is 0 Å². The summed E-state index contributed by atoms with van der Waals surface area (Å²) in [6, 6.07) is 1.01. The SMILES string of the molecule is CN1C2C=CC(C2)C1CO. The molecular formula is C8H13NO. The van der Waals surface area contributed by atoms with E-state index in [-0.39, 0.29) is 0 Å². The van der Waals surface area contributed by atoms with Crippen molar-refractivity contribution < 1.29 is 5.11 Å². The molecule has 0 aromatic heterocycles. The van der Waals surface area contributed by atoms with Gasteiger partial charge in [0.05, 0.1) is 6.61 Å². The van der Waals surface area contributed by atoms with Crippen LogP contribution >= 0.6 is 0 Å². The van der Waals surface area contributed by atoms with Crippen LogP contribution in [0.1, 0.15) is 6.42 Å². The Morgan fingerprint density at radius 2 is 2.40 bits per heavy atom. The van der Waals surface area contributed by atoms with Crippen molar-refractivity contribution in [1.29, 1.82) is 0 Å². The third-order valence-electron chi connectivity index (χ3n) is 2.82. The van der Waals surface area contributed by atoms with Crippen molar-refractivity contribution in [3.63, 3.8) is 0 Å². The summed E-state index contributed by atoms with van der Waals surface area (Å²) in [7, 11) is 2.09. The number of hydrogen-bond donors (Lipinski definition) is 1. The second kappa shape index (κ2) is 2.07. The topological polar surface area (TPSA) is 23.5 Å². The number of nitrogens with zero attached hydrogens (tertiary/aromatic N) is 1. The summed E-state index contributed by atoms with van der Waals surface area (Å²) in [5.41, 5.74) is 0. The predicted octanol–water partition coefficient (Wildman–Crippen LogP) is 0.237. The smallest absolute Gasteiger partial charge is 0.0592 e. The Morgan fingerprint density at radius 1 is 1.60 bits per heavy atom. The Morgan fingerprint density at radius 3 is 2.80 bits per heavy atom. The Balaban J connectivity index is 2.18. The van der Waals surface area contributed by atoms with Crippen LogP contribution in [-0.2, 0) is 0 Å². The molecule has 0 saturated carbocycles. The fourth-order valence-corrected chi connectivity index (χ4v) is 2.11. The fourth-order valence-electron chi connectivity index (χ4n) is 2.11. The van der Waals surface area contributed by atoms with Crippen molar-refractivity contribution in [2.24, 2.45) is 5.92 Å². The van der Waals surface area contributed by atoms with Crippen LogP contribution in [0.2, 0.25) is 0 Å². The fraction of sp³-hybridized carbons (Fsp3) is 0.750. The lowest BCUT2D eigenvalue weighted by molar-refractivity contribution is 0.149. The van der Waals surface area contributed by atoms with Crippen molar-refractivity contribution in [1.82, 2.24) is 4.90 Å². The summed E-state index contributed by atoms with van der Waals surface area (Å²) in [5.74, 6) is 0.625. The van der Waals surface area contributed by atoms with Gasteiger partial charge in [-0.15, -0.1) is 0 Å². The quantitative estimate of drug-likeness (QED) is 0.526. The molecule has 0 amide bonds. The first kappa shape index (κ1) is 6.38. The molecule has 1 aliphatic carbocycles. The highest BCUT2D eigenvalue weighted by Crippen LogP contribution is 2.35. The lowest BCUT2D eigenvalue weighted by atomic mass is 10.0. The number of fused-ring (bicyclic) bond motifs is 2. The van der Waals surface area contributed by atoms with E-state index >= 15 is 0 Å². The van der Waals surface area contributed by atoms with E-state index in [1.807, 2.05) is 0 Å². The molecule has 10 heavy (non-hydrogen) atoms. The largest absolute Gasteiger partial charge is 0.395 e. The molecule has 2 nitrogen and oxygen atoms in total. The van der Waals surface area contributed by atoms with Crippen molar-refractivity contribution in [2.45, 2.75) is 18.5 Å². The number of rotatable bonds is 1. The normalized spacial score (nSPS) is 45.2. The first-order valence-electron chi connectivity index (χ1n) is 3.84. The van der Waals surface area contributed by atoms with Crippen LogP contribution < -0.4 is 0 Å². The first-order chi connectivity index (χ1) is 4.83. The summed E-state index contributed by atoms with van der Waals surface area (Å²) >= 11 is 0. The molecule has 2 rings (SSSR count). The Bertz CT molecular complexity index is 167. The summed E-state index contributed by atoms with van der Waals surface area (Å²) in [6.45, 7) is 0.308. The second-order valence-corrected chi connectivity index (χ2v) is 3.27. The van der Waals surface area contributed by atoms with Gasteiger partial charge in [-0.05, 0) is 19.4 Å². The number of hydrogen-bond acceptors (Lipinski definition) is 2. The molecule has 0 aromatic carbocycles. The highest BCUT2D eigenvalue weighted by atomic mass is 16.3. The van der Waals surface area contributed by atoms with E-state index < -0.39 is 0 Å². The minimum Gasteiger partial charge on any atom is -0.395 e. The van der Waals surface area contributed by atoms with Crippen LogP contribution in [0.3, 0.4) is 0 Å². The molecule has 0 radical (unpaired) electrons. The molecule has 2 aliphatic rings. The van der Waals surface area contributed by atoms with Gasteiger partial charge < -0.3 is 5.11 Å². The first-order valence-corrected chi connectivity index (χ1v) is 3.84. The summed E-state index contributed by atoms with van der Waals surface area (Å²) < 4.78 is 0. The van der Waals surface area contributed by atoms with Crippen LogP contribution in [0.4, 0.5) is 0 Å². The van der Waals surface area contributed by atoms with E-state index in [0.29, 0.717) is 24.6 Å². The molecule has 0 aromatic rings. The molecule has 1 heterocycles. The summed E-state index contributed by atoms with van der Waals surface area (Å²) in [6.07, 6.45) is 5.71. The van der Waals surface area contributed by atoms with Gasteiger partial charge >= 0.3 is 0 Å². The van der Waals surface area contributed by atoms with Crippen molar-refractivity contribution in [2.75, 3.05) is 13.7 Å². The van der Waals surface area contributed by atoms with Crippen LogP contribution in [0.25, 0.3) is 0 Å². The number of aliphatic hydroxyl groups excluding tert-OH is 1. The van der Waals surface area contributed by atoms with E-state index in [2.05, 4.69) is 24.1 Å². The van der Waals surface area contributed by atoms with Crippen LogP contribution in [0.5, 0.6) is 0 Å². The molecule has 2 bridgehead atoms. The molecule has 56 valence electrons. The van der Waals surface area contributed by atoms with Crippen LogP contribution in [-0.4, -0.2) is 35.7 Å². The van der Waals surface area contributed by atoms with Crippen LogP contribution in [0.15, 0.2) is 12.2 Å². The van der Waals surface area contributed by atoms with Gasteiger partial charge in [0.2, 0.25) is 0 Å². The third-order valence-corrected chi connectivity index (χ3v) is 2.82. The molecule has 3 unspecified atom stereocenters. The molecule has 1 saturated heterocycles. The molecule has 0 spiro atoms. The standard InChI is InChI=1S/C8H13NO/c1-9-7-3-2-6(4-7)8(9)5-10/h2-3,6-8,10H,4-5H2,1H3. The zero-order valence-electron chi connectivity index (χ0n) is 6.20. The lowest BCUT2D eigenvalue weighted by Gasteiger charge is -2.26. The zero-order valence-corrected chi connectivity index (χ0v) is 6.20. The Labute approximate surface area is 61.1 Å². The summed E-state index contributed by atoms with van der Waals surface area (Å²) in [5, 5.41) is 8.98.